The molecule has 4 aliphatic carbocycles. The topological polar surface area (TPSA) is 67.8 Å². The molecule has 6 atom stereocenters. The number of nitrogens with one attached hydrogen (secondary N) is 1. The van der Waals surface area contributed by atoms with Gasteiger partial charge in [-0.25, -0.2) is 0 Å². The van der Waals surface area contributed by atoms with Crippen LogP contribution in [0.3, 0.4) is 0 Å². The highest BCUT2D eigenvalue weighted by molar-refractivity contribution is 7.09. The molecule has 3 fully saturated rings. The Morgan fingerprint density at radius 3 is 2.76 bits per heavy atom. The summed E-state index contributed by atoms with van der Waals surface area (Å²) in [5.41, 5.74) is 2.93. The molecule has 4 aliphatic rings. The highest BCUT2D eigenvalue weighted by Crippen LogP contribution is 2.66. The predicted octanol–water partition coefficient (Wildman–Crippen LogP) is 5.90. The van der Waals surface area contributed by atoms with E-state index in [0.29, 0.717) is 24.2 Å². The lowest BCUT2D eigenvalue weighted by Gasteiger charge is -2.58. The fourth-order valence-corrected chi connectivity index (χ4v) is 8.78. The van der Waals surface area contributed by atoms with Gasteiger partial charge < -0.3 is 10.2 Å². The Hall–Kier alpha value is -1.95. The lowest BCUT2D eigenvalue weighted by atomic mass is 9.46. The quantitative estimate of drug-likeness (QED) is 0.513. The van der Waals surface area contributed by atoms with Gasteiger partial charge in [-0.15, -0.1) is 11.3 Å². The van der Waals surface area contributed by atoms with E-state index in [2.05, 4.69) is 30.4 Å². The van der Waals surface area contributed by atoms with E-state index in [9.17, 15) is 9.59 Å². The molecule has 5 rings (SSSR count). The normalized spacial score (nSPS) is 37.9. The summed E-state index contributed by atoms with van der Waals surface area (Å²) >= 11 is 1.63. The van der Waals surface area contributed by atoms with E-state index in [0.717, 1.165) is 42.2 Å². The number of carbonyl (C=O) groups excluding carboxylic acids is 2. The van der Waals surface area contributed by atoms with Gasteiger partial charge in [-0.3, -0.25) is 9.59 Å². The van der Waals surface area contributed by atoms with Gasteiger partial charge in [0.1, 0.15) is 5.78 Å². The Morgan fingerprint density at radius 2 is 2.00 bits per heavy atom. The first-order chi connectivity index (χ1) is 16.3. The third-order valence-corrected chi connectivity index (χ3v) is 10.8. The Balaban J connectivity index is 1.21. The van der Waals surface area contributed by atoms with Crippen LogP contribution in [-0.4, -0.2) is 24.0 Å². The van der Waals surface area contributed by atoms with Crippen molar-refractivity contribution in [3.8, 4) is 0 Å². The molecule has 184 valence electrons. The predicted molar refractivity (Wildman–Crippen MR) is 135 cm³/mol. The van der Waals surface area contributed by atoms with Gasteiger partial charge in [0, 0.05) is 10.8 Å². The van der Waals surface area contributed by atoms with Gasteiger partial charge in [0.25, 0.3) is 5.91 Å². The number of hydrogen-bond donors (Lipinski definition) is 1. The molecule has 3 saturated carbocycles. The van der Waals surface area contributed by atoms with Crippen molar-refractivity contribution in [2.75, 3.05) is 6.61 Å². The van der Waals surface area contributed by atoms with Crippen LogP contribution >= 0.6 is 11.3 Å². The minimum absolute atomic E-state index is 0.0441. The molecule has 1 amide bonds. The molecule has 6 heteroatoms. The van der Waals surface area contributed by atoms with Crippen LogP contribution in [0.15, 0.2) is 34.3 Å². The summed E-state index contributed by atoms with van der Waals surface area (Å²) in [6, 6.07) is 3.99. The summed E-state index contributed by atoms with van der Waals surface area (Å²) in [4.78, 5) is 31.0. The first-order valence-electron chi connectivity index (χ1n) is 13.0. The molecule has 0 radical (unpaired) electrons. The van der Waals surface area contributed by atoms with Gasteiger partial charge in [-0.2, -0.15) is 0 Å². The second-order valence-corrected chi connectivity index (χ2v) is 12.5. The lowest BCUT2D eigenvalue weighted by molar-refractivity contribution is -0.128. The van der Waals surface area contributed by atoms with Gasteiger partial charge in [-0.1, -0.05) is 30.6 Å². The summed E-state index contributed by atoms with van der Waals surface area (Å²) in [5.74, 6) is 2.69. The van der Waals surface area contributed by atoms with E-state index in [4.69, 9.17) is 4.84 Å². The Morgan fingerprint density at radius 1 is 1.15 bits per heavy atom. The highest BCUT2D eigenvalue weighted by atomic mass is 32.1. The van der Waals surface area contributed by atoms with Crippen molar-refractivity contribution in [1.29, 1.82) is 0 Å². The number of hydrogen-bond acceptors (Lipinski definition) is 5. The Bertz CT molecular complexity index is 999. The molecule has 0 saturated heterocycles. The molecule has 0 aliphatic heterocycles. The Labute approximate surface area is 207 Å². The molecule has 1 heterocycles. The average Bonchev–Trinajstić information content (AvgIpc) is 3.45. The zero-order valence-electron chi connectivity index (χ0n) is 20.8. The number of allylic oxidation sites excluding steroid dienone is 2. The SMILES string of the molecule is CC(=O)[C@H]1CC[C@H]2[C@@H]3CCC4=C/C(=N/OCC(=O)NCc5cccs5)CC[C@]4(C)[C@H]3CC[C@]12C. The third-order valence-electron chi connectivity index (χ3n) is 9.89. The molecular formula is C28H38N2O3S. The largest absolute Gasteiger partial charge is 0.385 e. The van der Waals surface area contributed by atoms with Crippen LogP contribution < -0.4 is 5.32 Å². The zero-order chi connectivity index (χ0) is 23.9. The number of oxime groups is 1. The molecule has 34 heavy (non-hydrogen) atoms. The van der Waals surface area contributed by atoms with E-state index < -0.39 is 0 Å². The fourth-order valence-electron chi connectivity index (χ4n) is 8.13. The summed E-state index contributed by atoms with van der Waals surface area (Å²) in [5, 5.41) is 9.21. The third kappa shape index (κ3) is 4.16. The maximum absolute atomic E-state index is 12.4. The average molecular weight is 483 g/mol. The van der Waals surface area contributed by atoms with Crippen molar-refractivity contribution in [3.05, 3.63) is 34.0 Å². The van der Waals surface area contributed by atoms with Gasteiger partial charge in [0.15, 0.2) is 6.61 Å². The molecule has 1 aromatic rings. The van der Waals surface area contributed by atoms with Crippen LogP contribution in [0.5, 0.6) is 0 Å². The second kappa shape index (κ2) is 9.25. The van der Waals surface area contributed by atoms with Crippen LogP contribution in [0.25, 0.3) is 0 Å². The molecule has 1 N–H and O–H groups in total. The highest BCUT2D eigenvalue weighted by Gasteiger charge is 2.59. The lowest BCUT2D eigenvalue weighted by Crippen LogP contribution is -2.51. The zero-order valence-corrected chi connectivity index (χ0v) is 21.6. The van der Waals surface area contributed by atoms with Crippen LogP contribution in [0, 0.1) is 34.5 Å². The van der Waals surface area contributed by atoms with E-state index in [1.165, 1.54) is 31.3 Å². The van der Waals surface area contributed by atoms with E-state index in [1.54, 1.807) is 11.3 Å². The fraction of sp³-hybridized carbons (Fsp3) is 0.679. The Kier molecular flexibility index (Phi) is 6.47. The molecule has 5 nitrogen and oxygen atoms in total. The van der Waals surface area contributed by atoms with Crippen molar-refractivity contribution < 1.29 is 14.4 Å². The maximum Gasteiger partial charge on any atom is 0.261 e. The minimum atomic E-state index is -0.141. The number of Topliss-reactive ketones (excluding diaryl/α,β-unsaturated/α-hetero) is 1. The molecule has 0 aromatic carbocycles. The van der Waals surface area contributed by atoms with Gasteiger partial charge in [-0.05, 0) is 104 Å². The van der Waals surface area contributed by atoms with E-state index in [-0.39, 0.29) is 29.3 Å². The molecule has 0 bridgehead atoms. The smallest absolute Gasteiger partial charge is 0.261 e. The van der Waals surface area contributed by atoms with Gasteiger partial charge in [0.05, 0.1) is 12.3 Å². The number of carbonyl (C=O) groups is 2. The first kappa shape index (κ1) is 23.8. The number of amides is 1. The summed E-state index contributed by atoms with van der Waals surface area (Å²) in [6.45, 7) is 7.20. The van der Waals surface area contributed by atoms with Gasteiger partial charge in [0.2, 0.25) is 0 Å². The number of rotatable bonds is 6. The number of nitrogens with zero attached hydrogens (tertiary/aromatic N) is 1. The number of fused-ring (bicyclic) bond motifs is 5. The van der Waals surface area contributed by atoms with Crippen LogP contribution in [0.2, 0.25) is 0 Å². The molecule has 0 unspecified atom stereocenters. The van der Waals surface area contributed by atoms with Crippen molar-refractivity contribution in [2.45, 2.75) is 78.7 Å². The maximum atomic E-state index is 12.4. The first-order valence-corrected chi connectivity index (χ1v) is 13.9. The summed E-state index contributed by atoms with van der Waals surface area (Å²) in [6.07, 6.45) is 11.4. The van der Waals surface area contributed by atoms with Crippen LogP contribution in [0.1, 0.15) is 77.0 Å². The molecule has 0 spiro atoms. The summed E-state index contributed by atoms with van der Waals surface area (Å²) < 4.78 is 0. The van der Waals surface area contributed by atoms with Gasteiger partial charge >= 0.3 is 0 Å². The van der Waals surface area contributed by atoms with E-state index >= 15 is 0 Å². The molecule has 1 aromatic heterocycles. The monoisotopic (exact) mass is 482 g/mol. The summed E-state index contributed by atoms with van der Waals surface area (Å²) in [7, 11) is 0. The van der Waals surface area contributed by atoms with Crippen molar-refractivity contribution >= 4 is 28.7 Å². The number of thiophene rings is 1. The van der Waals surface area contributed by atoms with Crippen molar-refractivity contribution in [1.82, 2.24) is 5.32 Å². The van der Waals surface area contributed by atoms with E-state index in [1.807, 2.05) is 24.4 Å². The number of ketones is 1. The second-order valence-electron chi connectivity index (χ2n) is 11.5. The molecular weight excluding hydrogens is 444 g/mol. The minimum Gasteiger partial charge on any atom is -0.385 e. The van der Waals surface area contributed by atoms with Crippen molar-refractivity contribution in [3.63, 3.8) is 0 Å². The van der Waals surface area contributed by atoms with Crippen LogP contribution in [0.4, 0.5) is 0 Å². The van der Waals surface area contributed by atoms with Crippen molar-refractivity contribution in [2.24, 2.45) is 39.7 Å². The standard InChI is InChI=1S/C28H38N2O3S/c1-18(31)23-8-9-24-22-7-6-19-15-20(10-12-27(19,2)25(22)11-13-28(23,24)3)30-33-17-26(32)29-16-21-5-4-14-34-21/h4-5,14-15,22-25H,6-13,16-17H2,1-3H3,(H,29,32)/b30-20+/t22-,23+,24-,25-,27-,28+/m0/s1. The van der Waals surface area contributed by atoms with Crippen LogP contribution in [-0.2, 0) is 21.0 Å².